The van der Waals surface area contributed by atoms with Crippen LogP contribution in [0.3, 0.4) is 0 Å². The van der Waals surface area contributed by atoms with E-state index < -0.39 is 74.1 Å². The zero-order valence-corrected chi connectivity index (χ0v) is 21.1. The average Bonchev–Trinajstić information content (AvgIpc) is 2.81. The van der Waals surface area contributed by atoms with Gasteiger partial charge in [-0.05, 0) is 43.3 Å². The maximum Gasteiger partial charge on any atom is 0.490 e. The number of carboxylic acids is 1. The van der Waals surface area contributed by atoms with Crippen LogP contribution >= 0.6 is 0 Å². The van der Waals surface area contributed by atoms with Crippen LogP contribution in [0, 0.1) is 6.92 Å². The highest BCUT2D eigenvalue weighted by atomic mass is 32.2. The lowest BCUT2D eigenvalue weighted by molar-refractivity contribution is -0.192. The number of oxime groups is 1. The summed E-state index contributed by atoms with van der Waals surface area (Å²) >= 11 is 0. The third-order valence-corrected chi connectivity index (χ3v) is 6.05. The average molecular weight is 604 g/mol. The van der Waals surface area contributed by atoms with Crippen LogP contribution in [0.15, 0.2) is 51.2 Å². The first kappa shape index (κ1) is 33.5. The Balaban J connectivity index is 0.00000101. The van der Waals surface area contributed by atoms with Gasteiger partial charge in [-0.25, -0.2) is 13.2 Å². The summed E-state index contributed by atoms with van der Waals surface area (Å²) in [7, 11) is -4.85. The first-order valence-electron chi connectivity index (χ1n) is 10.4. The molecule has 0 fully saturated rings. The van der Waals surface area contributed by atoms with Gasteiger partial charge in [-0.15, -0.1) is 0 Å². The molecule has 2 atom stereocenters. The Bertz CT molecular complexity index is 1440. The molecule has 0 aliphatic carbocycles. The molecule has 0 bridgehead atoms. The molecule has 13 nitrogen and oxygen atoms in total. The van der Waals surface area contributed by atoms with Crippen molar-refractivity contribution in [2.45, 2.75) is 43.2 Å². The lowest BCUT2D eigenvalue weighted by atomic mass is 10.1. The number of nitrogens with two attached hydrogens (primary N) is 3. The second kappa shape index (κ2) is 12.6. The maximum absolute atomic E-state index is 13.3. The molecule has 0 spiro atoms. The van der Waals surface area contributed by atoms with E-state index in [1.807, 2.05) is 4.72 Å². The van der Waals surface area contributed by atoms with Crippen molar-refractivity contribution < 1.29 is 54.3 Å². The summed E-state index contributed by atoms with van der Waals surface area (Å²) in [5.74, 6) is -4.27. The van der Waals surface area contributed by atoms with E-state index in [1.165, 1.54) is 19.9 Å². The minimum Gasteiger partial charge on any atom is -0.475 e. The zero-order chi connectivity index (χ0) is 31.2. The zero-order valence-electron chi connectivity index (χ0n) is 20.3. The molecule has 0 radical (unpaired) electrons. The van der Waals surface area contributed by atoms with Crippen LogP contribution in [0.5, 0.6) is 0 Å². The van der Waals surface area contributed by atoms with E-state index in [4.69, 9.17) is 31.9 Å². The number of carboxylic acid groups (broad SMARTS) is 1. The molecule has 1 heterocycles. The fourth-order valence-corrected chi connectivity index (χ4v) is 4.26. The molecule has 2 unspecified atom stereocenters. The molecular weight excluding hydrogens is 582 g/mol. The SMILES string of the molecule is Cc1ccc(NS(=O)(=O)c2ccccc2C(F)(F)F)c(=O)n1C(C(N)=O)C(C)ON=C(N)N.O=C(O)C(F)(F)F. The molecule has 1 amide bonds. The van der Waals surface area contributed by atoms with Crippen LogP contribution in [0.2, 0.25) is 0 Å². The van der Waals surface area contributed by atoms with E-state index in [-0.39, 0.29) is 5.69 Å². The molecule has 0 aliphatic rings. The summed E-state index contributed by atoms with van der Waals surface area (Å²) in [5.41, 5.74) is 12.8. The fraction of sp³-hybridized carbons (Fsp3) is 0.300. The van der Waals surface area contributed by atoms with Crippen LogP contribution in [-0.4, -0.2) is 48.2 Å². The Morgan fingerprint density at radius 3 is 2.02 bits per heavy atom. The largest absolute Gasteiger partial charge is 0.490 e. The van der Waals surface area contributed by atoms with Gasteiger partial charge in [0.15, 0.2) is 12.1 Å². The van der Waals surface area contributed by atoms with Gasteiger partial charge in [0.2, 0.25) is 11.9 Å². The number of alkyl halides is 6. The molecule has 2 aromatic rings. The number of hydrogen-bond acceptors (Lipinski definition) is 7. The van der Waals surface area contributed by atoms with Gasteiger partial charge in [-0.1, -0.05) is 12.1 Å². The second-order valence-corrected chi connectivity index (χ2v) is 9.29. The van der Waals surface area contributed by atoms with Crippen LogP contribution in [0.4, 0.5) is 32.0 Å². The van der Waals surface area contributed by atoms with Gasteiger partial charge in [-0.3, -0.25) is 18.9 Å². The summed E-state index contributed by atoms with van der Waals surface area (Å²) in [6.07, 6.45) is -11.2. The normalized spacial score (nSPS) is 13.2. The van der Waals surface area contributed by atoms with Crippen LogP contribution in [-0.2, 0) is 30.6 Å². The van der Waals surface area contributed by atoms with Crippen molar-refractivity contribution in [3.63, 3.8) is 0 Å². The summed E-state index contributed by atoms with van der Waals surface area (Å²) in [4.78, 5) is 37.9. The Labute approximate surface area is 221 Å². The Morgan fingerprint density at radius 1 is 1.05 bits per heavy atom. The summed E-state index contributed by atoms with van der Waals surface area (Å²) in [6, 6.07) is 4.27. The Morgan fingerprint density at radius 2 is 1.57 bits per heavy atom. The van der Waals surface area contributed by atoms with Crippen molar-refractivity contribution in [2.75, 3.05) is 4.72 Å². The van der Waals surface area contributed by atoms with Gasteiger partial charge in [-0.2, -0.15) is 26.3 Å². The quantitative estimate of drug-likeness (QED) is 0.126. The molecule has 1 aromatic carbocycles. The van der Waals surface area contributed by atoms with E-state index in [9.17, 15) is 44.3 Å². The number of guanidine groups is 1. The topological polar surface area (TPSA) is 222 Å². The van der Waals surface area contributed by atoms with Gasteiger partial charge < -0.3 is 27.1 Å². The first-order chi connectivity index (χ1) is 18.1. The number of hydrogen-bond donors (Lipinski definition) is 5. The third kappa shape index (κ3) is 8.78. The summed E-state index contributed by atoms with van der Waals surface area (Å²) in [6.45, 7) is 2.74. The Kier molecular flexibility index (Phi) is 10.5. The standard InChI is InChI=1S/C18H21F3N6O5S.C2HF3O2/c1-9-7-8-12(16(29)27(9)14(15(22)28)10(2)32-25-17(23)24)26-33(30,31)13-6-4-3-5-11(13)18(19,20)21;3-2(4,5)1(6)7/h3-8,10,14,26H,1-2H3,(H2,22,28)(H4,23,24,25);(H,6,7). The summed E-state index contributed by atoms with van der Waals surface area (Å²) in [5, 5.41) is 10.4. The number of sulfonamides is 1. The number of benzene rings is 1. The number of nitrogens with zero attached hydrogens (tertiary/aromatic N) is 2. The van der Waals surface area contributed by atoms with E-state index in [0.717, 1.165) is 28.8 Å². The monoisotopic (exact) mass is 604 g/mol. The van der Waals surface area contributed by atoms with E-state index >= 15 is 0 Å². The molecule has 1 aromatic heterocycles. The predicted molar refractivity (Wildman–Crippen MR) is 126 cm³/mol. The molecule has 0 saturated carbocycles. The molecule has 2 rings (SSSR count). The highest BCUT2D eigenvalue weighted by Gasteiger charge is 2.39. The van der Waals surface area contributed by atoms with Crippen molar-refractivity contribution in [1.29, 1.82) is 0 Å². The van der Waals surface area contributed by atoms with E-state index in [0.29, 0.717) is 6.07 Å². The smallest absolute Gasteiger partial charge is 0.475 e. The number of anilines is 1. The van der Waals surface area contributed by atoms with E-state index in [1.54, 1.807) is 0 Å². The van der Waals surface area contributed by atoms with Gasteiger partial charge in [0.05, 0.1) is 10.5 Å². The Hall–Kier alpha value is -4.49. The minimum atomic E-state index is -5.08. The number of halogens is 6. The maximum atomic E-state index is 13.3. The lowest BCUT2D eigenvalue weighted by Crippen LogP contribution is -2.42. The number of nitrogens with one attached hydrogen (secondary N) is 1. The number of carbonyl (C=O) groups excluding carboxylic acids is 1. The van der Waals surface area contributed by atoms with Crippen LogP contribution in [0.25, 0.3) is 0 Å². The van der Waals surface area contributed by atoms with Crippen molar-refractivity contribution in [3.8, 4) is 0 Å². The molecular formula is C20H22F6N6O7S. The molecule has 0 aliphatic heterocycles. The van der Waals surface area contributed by atoms with Crippen LogP contribution in [0.1, 0.15) is 24.2 Å². The van der Waals surface area contributed by atoms with Crippen molar-refractivity contribution in [1.82, 2.24) is 4.57 Å². The number of primary amides is 1. The summed E-state index contributed by atoms with van der Waals surface area (Å²) < 4.78 is 99.7. The first-order valence-corrected chi connectivity index (χ1v) is 11.8. The number of aliphatic carboxylic acids is 1. The van der Waals surface area contributed by atoms with E-state index in [2.05, 4.69) is 5.16 Å². The minimum absolute atomic E-state index is 0.169. The number of amides is 1. The number of rotatable bonds is 8. The fourth-order valence-electron chi connectivity index (χ4n) is 2.97. The highest BCUT2D eigenvalue weighted by Crippen LogP contribution is 2.34. The highest BCUT2D eigenvalue weighted by molar-refractivity contribution is 7.92. The van der Waals surface area contributed by atoms with Gasteiger partial charge >= 0.3 is 18.3 Å². The lowest BCUT2D eigenvalue weighted by Gasteiger charge is -2.24. The number of pyridine rings is 1. The number of carbonyl (C=O) groups is 2. The number of aromatic nitrogens is 1. The van der Waals surface area contributed by atoms with Gasteiger partial charge in [0, 0.05) is 5.69 Å². The molecule has 20 heteroatoms. The van der Waals surface area contributed by atoms with Crippen LogP contribution < -0.4 is 27.5 Å². The molecule has 222 valence electrons. The predicted octanol–water partition coefficient (Wildman–Crippen LogP) is 1.23. The van der Waals surface area contributed by atoms with Crippen molar-refractivity contribution in [3.05, 3.63) is 58.0 Å². The van der Waals surface area contributed by atoms with Gasteiger partial charge in [0.25, 0.3) is 15.6 Å². The molecule has 8 N–H and O–H groups in total. The second-order valence-electron chi connectivity index (χ2n) is 7.64. The number of aryl methyl sites for hydroxylation is 1. The van der Waals surface area contributed by atoms with Gasteiger partial charge in [0.1, 0.15) is 5.69 Å². The van der Waals surface area contributed by atoms with Crippen molar-refractivity contribution >= 4 is 33.5 Å². The third-order valence-electron chi connectivity index (χ3n) is 4.63. The molecule has 0 saturated heterocycles. The molecule has 40 heavy (non-hydrogen) atoms. The van der Waals surface area contributed by atoms with Crippen molar-refractivity contribution in [2.24, 2.45) is 22.4 Å².